The van der Waals surface area contributed by atoms with Gasteiger partial charge in [0.05, 0.1) is 11.0 Å². The number of fused-ring (bicyclic) bond motifs is 3. The molecule has 0 aliphatic carbocycles. The molecule has 3 rings (SSSR count). The maximum Gasteiger partial charge on any atom is 0.326 e. The van der Waals surface area contributed by atoms with Crippen molar-refractivity contribution in [3.63, 3.8) is 0 Å². The summed E-state index contributed by atoms with van der Waals surface area (Å²) in [5.41, 5.74) is 1.77. The number of aromatic nitrogens is 2. The Morgan fingerprint density at radius 1 is 1.23 bits per heavy atom. The number of hydrogen-bond acceptors (Lipinski definition) is 5. The molecule has 10 heteroatoms. The molecule has 1 aromatic carbocycles. The molecule has 168 valence electrons. The van der Waals surface area contributed by atoms with Gasteiger partial charge in [-0.25, -0.2) is 14.6 Å². The number of amides is 3. The van der Waals surface area contributed by atoms with E-state index in [2.05, 4.69) is 15.6 Å². The summed E-state index contributed by atoms with van der Waals surface area (Å²) in [6.07, 6.45) is 2.85. The fourth-order valence-corrected chi connectivity index (χ4v) is 4.12. The number of carboxylic acid groups (broad SMARTS) is 1. The quantitative estimate of drug-likeness (QED) is 0.543. The van der Waals surface area contributed by atoms with E-state index in [0.29, 0.717) is 37.6 Å². The number of hydrogen-bond donors (Lipinski definition) is 3. The van der Waals surface area contributed by atoms with E-state index in [1.807, 2.05) is 48.9 Å². The first-order chi connectivity index (χ1) is 14.9. The number of thioether (sulfide) groups is 1. The molecule has 2 aromatic rings. The van der Waals surface area contributed by atoms with Crippen LogP contribution in [0.15, 0.2) is 24.3 Å². The van der Waals surface area contributed by atoms with Crippen LogP contribution in [0.1, 0.15) is 26.7 Å². The van der Waals surface area contributed by atoms with E-state index in [-0.39, 0.29) is 5.92 Å². The number of urea groups is 1. The van der Waals surface area contributed by atoms with Crippen molar-refractivity contribution in [3.05, 3.63) is 24.3 Å². The third kappa shape index (κ3) is 4.95. The topological polar surface area (TPSA) is 117 Å². The average Bonchev–Trinajstić information content (AvgIpc) is 3.33. The Kier molecular flexibility index (Phi) is 7.42. The Balaban J connectivity index is 1.75. The Labute approximate surface area is 185 Å². The van der Waals surface area contributed by atoms with Gasteiger partial charge in [-0.05, 0) is 36.5 Å². The van der Waals surface area contributed by atoms with E-state index in [1.54, 1.807) is 0 Å². The molecule has 0 bridgehead atoms. The van der Waals surface area contributed by atoms with Crippen molar-refractivity contribution < 1.29 is 19.5 Å². The molecule has 31 heavy (non-hydrogen) atoms. The van der Waals surface area contributed by atoms with Gasteiger partial charge in [-0.1, -0.05) is 32.4 Å². The van der Waals surface area contributed by atoms with E-state index in [1.165, 1.54) is 16.7 Å². The predicted molar refractivity (Wildman–Crippen MR) is 121 cm³/mol. The van der Waals surface area contributed by atoms with Gasteiger partial charge in [0.2, 0.25) is 11.9 Å². The van der Waals surface area contributed by atoms with Crippen molar-refractivity contribution in [3.8, 4) is 0 Å². The zero-order valence-electron chi connectivity index (χ0n) is 18.0. The molecule has 2 heterocycles. The lowest BCUT2D eigenvalue weighted by Gasteiger charge is -2.27. The predicted octanol–water partition coefficient (Wildman–Crippen LogP) is 2.30. The highest BCUT2D eigenvalue weighted by molar-refractivity contribution is 7.98. The van der Waals surface area contributed by atoms with Crippen LogP contribution >= 0.6 is 11.8 Å². The molecule has 0 fully saturated rings. The monoisotopic (exact) mass is 447 g/mol. The third-order valence-electron chi connectivity index (χ3n) is 5.67. The minimum absolute atomic E-state index is 0.166. The highest BCUT2D eigenvalue weighted by atomic mass is 32.2. The van der Waals surface area contributed by atoms with Crippen molar-refractivity contribution >= 4 is 46.7 Å². The van der Waals surface area contributed by atoms with Crippen LogP contribution in [0.25, 0.3) is 11.0 Å². The number of aliphatic carboxylic acids is 1. The fourth-order valence-electron chi connectivity index (χ4n) is 3.65. The van der Waals surface area contributed by atoms with Crippen LogP contribution in [0.3, 0.4) is 0 Å². The summed E-state index contributed by atoms with van der Waals surface area (Å²) in [6, 6.07) is 5.45. The summed E-state index contributed by atoms with van der Waals surface area (Å²) in [5.74, 6) is -0.568. The molecule has 0 unspecified atom stereocenters. The van der Waals surface area contributed by atoms with Gasteiger partial charge in [-0.3, -0.25) is 9.69 Å². The number of nitrogens with zero attached hydrogens (tertiary/aromatic N) is 3. The molecule has 0 saturated heterocycles. The summed E-state index contributed by atoms with van der Waals surface area (Å²) in [5, 5.41) is 14.8. The van der Waals surface area contributed by atoms with E-state index < -0.39 is 30.0 Å². The molecule has 3 amide bonds. The minimum Gasteiger partial charge on any atom is -0.480 e. The second-order valence-electron chi connectivity index (χ2n) is 7.70. The highest BCUT2D eigenvalue weighted by Gasteiger charge is 2.34. The van der Waals surface area contributed by atoms with E-state index in [0.717, 1.165) is 11.0 Å². The summed E-state index contributed by atoms with van der Waals surface area (Å²) in [7, 11) is 0. The Bertz CT molecular complexity index is 962. The van der Waals surface area contributed by atoms with Crippen LogP contribution < -0.4 is 15.5 Å². The molecule has 3 atom stereocenters. The first-order valence-corrected chi connectivity index (χ1v) is 11.8. The number of rotatable bonds is 9. The molecule has 0 spiro atoms. The molecular formula is C21H29N5O4S. The molecule has 1 aliphatic rings. The summed E-state index contributed by atoms with van der Waals surface area (Å²) in [6.45, 7) is 4.87. The number of carbonyl (C=O) groups is 3. The smallest absolute Gasteiger partial charge is 0.326 e. The third-order valence-corrected chi connectivity index (χ3v) is 6.31. The SMILES string of the molecule is CC[C@H](C)[C@H](NC(=O)N1CCn2c1nc1ccccc12)C(=O)N[C@@H](CCSC)C(=O)O. The zero-order chi connectivity index (χ0) is 22.5. The number of anilines is 1. The summed E-state index contributed by atoms with van der Waals surface area (Å²) < 4.78 is 1.98. The Hall–Kier alpha value is -2.75. The van der Waals surface area contributed by atoms with Crippen LogP contribution in [0.4, 0.5) is 10.7 Å². The number of carboxylic acids is 1. The van der Waals surface area contributed by atoms with Crippen molar-refractivity contribution in [1.82, 2.24) is 20.2 Å². The molecule has 1 aromatic heterocycles. The number of carbonyl (C=O) groups excluding carboxylic acids is 2. The lowest BCUT2D eigenvalue weighted by atomic mass is 9.98. The van der Waals surface area contributed by atoms with Gasteiger partial charge in [0.15, 0.2) is 0 Å². The molecule has 0 saturated carbocycles. The normalized spacial score (nSPS) is 15.9. The van der Waals surface area contributed by atoms with Crippen molar-refractivity contribution in [2.45, 2.75) is 45.3 Å². The highest BCUT2D eigenvalue weighted by Crippen LogP contribution is 2.27. The van der Waals surface area contributed by atoms with Gasteiger partial charge in [0, 0.05) is 13.1 Å². The Morgan fingerprint density at radius 2 is 1.97 bits per heavy atom. The first-order valence-electron chi connectivity index (χ1n) is 10.4. The van der Waals surface area contributed by atoms with Gasteiger partial charge in [0.1, 0.15) is 12.1 Å². The minimum atomic E-state index is -1.08. The first kappa shape index (κ1) is 22.9. The van der Waals surface area contributed by atoms with Crippen LogP contribution in [-0.2, 0) is 16.1 Å². The second kappa shape index (κ2) is 10.0. The van der Waals surface area contributed by atoms with E-state index in [9.17, 15) is 19.5 Å². The Morgan fingerprint density at radius 3 is 2.65 bits per heavy atom. The van der Waals surface area contributed by atoms with Gasteiger partial charge in [-0.2, -0.15) is 11.8 Å². The van der Waals surface area contributed by atoms with E-state index >= 15 is 0 Å². The number of imidazole rings is 1. The van der Waals surface area contributed by atoms with E-state index in [4.69, 9.17) is 0 Å². The van der Waals surface area contributed by atoms with Crippen LogP contribution in [-0.4, -0.2) is 63.2 Å². The van der Waals surface area contributed by atoms with Crippen molar-refractivity contribution in [2.24, 2.45) is 5.92 Å². The maximum atomic E-state index is 13.1. The van der Waals surface area contributed by atoms with Crippen LogP contribution in [0.2, 0.25) is 0 Å². The summed E-state index contributed by atoms with van der Waals surface area (Å²) in [4.78, 5) is 43.6. The largest absolute Gasteiger partial charge is 0.480 e. The van der Waals surface area contributed by atoms with Gasteiger partial charge in [0.25, 0.3) is 0 Å². The zero-order valence-corrected chi connectivity index (χ0v) is 18.8. The van der Waals surface area contributed by atoms with Crippen molar-refractivity contribution in [1.29, 1.82) is 0 Å². The number of benzene rings is 1. The molecule has 3 N–H and O–H groups in total. The lowest BCUT2D eigenvalue weighted by molar-refractivity contribution is -0.142. The maximum absolute atomic E-state index is 13.1. The van der Waals surface area contributed by atoms with Gasteiger partial charge < -0.3 is 20.3 Å². The molecular weight excluding hydrogens is 418 g/mol. The molecule has 9 nitrogen and oxygen atoms in total. The average molecular weight is 448 g/mol. The molecule has 0 radical (unpaired) electrons. The van der Waals surface area contributed by atoms with Crippen molar-refractivity contribution in [2.75, 3.05) is 23.5 Å². The summed E-state index contributed by atoms with van der Waals surface area (Å²) >= 11 is 1.52. The van der Waals surface area contributed by atoms with Crippen LogP contribution in [0, 0.1) is 5.92 Å². The lowest BCUT2D eigenvalue weighted by Crippen LogP contribution is -2.56. The second-order valence-corrected chi connectivity index (χ2v) is 8.68. The van der Waals surface area contributed by atoms with Crippen LogP contribution in [0.5, 0.6) is 0 Å². The van der Waals surface area contributed by atoms with Gasteiger partial charge in [-0.15, -0.1) is 0 Å². The standard InChI is InChI=1S/C21H29N5O4S/c1-4-13(2)17(18(27)22-15(19(28)29)9-12-31-3)24-21(30)26-11-10-25-16-8-6-5-7-14(16)23-20(25)26/h5-8,13,15,17H,4,9-12H2,1-3H3,(H,22,27)(H,24,30)(H,28,29)/t13-,15-,17-/m0/s1. The fraction of sp³-hybridized carbons (Fsp3) is 0.524. The molecule has 1 aliphatic heterocycles. The van der Waals surface area contributed by atoms with Gasteiger partial charge >= 0.3 is 12.0 Å². The number of nitrogens with one attached hydrogen (secondary N) is 2. The number of para-hydroxylation sites is 2.